The van der Waals surface area contributed by atoms with Crippen LogP contribution in [0.3, 0.4) is 0 Å². The van der Waals surface area contributed by atoms with E-state index >= 15 is 0 Å². The third kappa shape index (κ3) is 3.01. The molecule has 0 amide bonds. The highest BCUT2D eigenvalue weighted by Crippen LogP contribution is 2.27. The average molecular weight is 392 g/mol. The Morgan fingerprint density at radius 3 is 3.16 bits per heavy atom. The summed E-state index contributed by atoms with van der Waals surface area (Å²) in [6.07, 6.45) is 2.37. The molecule has 4 N–H and O–H groups in total. The van der Waals surface area contributed by atoms with Crippen LogP contribution in [0.4, 0.5) is 0 Å². The minimum atomic E-state index is -0.414. The first-order valence-corrected chi connectivity index (χ1v) is 6.95. The van der Waals surface area contributed by atoms with Crippen molar-refractivity contribution in [1.82, 2.24) is 20.2 Å². The molecule has 0 unspecified atom stereocenters. The molecule has 10 heteroatoms. The van der Waals surface area contributed by atoms with Gasteiger partial charge in [0.2, 0.25) is 0 Å². The molecular weight excluding hydrogens is 383 g/mol. The van der Waals surface area contributed by atoms with E-state index in [1.807, 2.05) is 5.38 Å². The van der Waals surface area contributed by atoms with Gasteiger partial charge in [0.15, 0.2) is 5.88 Å². The zero-order valence-electron chi connectivity index (χ0n) is 9.46. The first-order valence-electron chi connectivity index (χ1n) is 4.99. The van der Waals surface area contributed by atoms with Crippen molar-refractivity contribution in [2.45, 2.75) is 6.61 Å². The normalized spacial score (nSPS) is 11.5. The second-order valence-corrected chi connectivity index (χ2v) is 5.33. The quantitative estimate of drug-likeness (QED) is 0.391. The summed E-state index contributed by atoms with van der Waals surface area (Å²) in [4.78, 5) is 11.5. The highest BCUT2D eigenvalue weighted by molar-refractivity contribution is 14.1. The van der Waals surface area contributed by atoms with Gasteiger partial charge in [-0.15, -0.1) is 16.0 Å². The van der Waals surface area contributed by atoms with Crippen molar-refractivity contribution in [1.29, 1.82) is 5.41 Å². The van der Waals surface area contributed by atoms with Crippen LogP contribution in [-0.2, 0) is 11.3 Å². The smallest absolute Gasteiger partial charge is 0.366 e. The number of ether oxygens (including phenoxy) is 1. The molecule has 2 rings (SSSR count). The predicted octanol–water partition coefficient (Wildman–Crippen LogP) is 0.588. The number of aromatic nitrogens is 4. The lowest BCUT2D eigenvalue weighted by molar-refractivity contribution is 0.196. The molecule has 100 valence electrons. The average Bonchev–Trinajstić information content (AvgIpc) is 2.93. The van der Waals surface area contributed by atoms with Crippen molar-refractivity contribution in [3.05, 3.63) is 37.0 Å². The lowest BCUT2D eigenvalue weighted by Gasteiger charge is -2.06. The number of hydrogen-bond donors (Lipinski definition) is 3. The van der Waals surface area contributed by atoms with E-state index in [2.05, 4.69) is 38.1 Å². The van der Waals surface area contributed by atoms with Crippen LogP contribution >= 0.6 is 33.9 Å². The van der Waals surface area contributed by atoms with Crippen LogP contribution in [-0.4, -0.2) is 26.4 Å². The van der Waals surface area contributed by atoms with E-state index in [1.165, 1.54) is 22.1 Å². The van der Waals surface area contributed by atoms with Crippen LogP contribution in [0.25, 0.3) is 5.00 Å². The van der Waals surface area contributed by atoms with E-state index in [0.29, 0.717) is 5.00 Å². The topological polar surface area (TPSA) is 123 Å². The lowest BCUT2D eigenvalue weighted by Crippen LogP contribution is -2.16. The molecule has 2 aromatic heterocycles. The van der Waals surface area contributed by atoms with Gasteiger partial charge in [0.05, 0.1) is 0 Å². The first kappa shape index (κ1) is 13.7. The summed E-state index contributed by atoms with van der Waals surface area (Å²) in [5.74, 6) is 0.135. The number of nitrogens with two attached hydrogens (primary N) is 1. The van der Waals surface area contributed by atoms with Crippen molar-refractivity contribution in [3.8, 4) is 5.00 Å². The fourth-order valence-corrected chi connectivity index (χ4v) is 3.14. The van der Waals surface area contributed by atoms with Crippen LogP contribution in [0.15, 0.2) is 22.1 Å². The maximum absolute atomic E-state index is 11.5. The molecular formula is C9H9IN6O2S. The van der Waals surface area contributed by atoms with Gasteiger partial charge in [-0.25, -0.2) is 9.89 Å². The number of rotatable bonds is 5. The maximum Gasteiger partial charge on any atom is 0.366 e. The molecule has 0 aromatic carbocycles. The zero-order valence-corrected chi connectivity index (χ0v) is 12.4. The number of H-pyrrole nitrogens is 1. The van der Waals surface area contributed by atoms with Crippen LogP contribution in [0.1, 0.15) is 5.56 Å². The SMILES string of the molecule is N=CC=C(N)OCc1c(I)csc1-n1nn[nH]c1=O. The minimum absolute atomic E-state index is 0.135. The van der Waals surface area contributed by atoms with E-state index in [1.54, 1.807) is 0 Å². The summed E-state index contributed by atoms with van der Waals surface area (Å²) in [5, 5.41) is 18.8. The first-order chi connectivity index (χ1) is 9.13. The molecule has 0 saturated heterocycles. The fraction of sp³-hybridized carbons (Fsp3) is 0.111. The molecule has 0 fully saturated rings. The van der Waals surface area contributed by atoms with Gasteiger partial charge in [0, 0.05) is 26.8 Å². The third-order valence-electron chi connectivity index (χ3n) is 2.12. The number of halogens is 1. The molecule has 2 aromatic rings. The lowest BCUT2D eigenvalue weighted by atomic mass is 10.3. The Morgan fingerprint density at radius 1 is 1.74 bits per heavy atom. The van der Waals surface area contributed by atoms with Gasteiger partial charge in [-0.05, 0) is 33.0 Å². The molecule has 0 aliphatic rings. The Balaban J connectivity index is 2.29. The van der Waals surface area contributed by atoms with Crippen molar-refractivity contribution >= 4 is 40.1 Å². The molecule has 0 spiro atoms. The van der Waals surface area contributed by atoms with E-state index in [0.717, 1.165) is 15.3 Å². The summed E-state index contributed by atoms with van der Waals surface area (Å²) in [6.45, 7) is 0.187. The summed E-state index contributed by atoms with van der Waals surface area (Å²) in [6, 6.07) is 0. The number of tetrazole rings is 1. The van der Waals surface area contributed by atoms with E-state index in [-0.39, 0.29) is 12.5 Å². The Bertz CT molecular complexity index is 672. The maximum atomic E-state index is 11.5. The Morgan fingerprint density at radius 2 is 2.53 bits per heavy atom. The van der Waals surface area contributed by atoms with Crippen LogP contribution in [0, 0.1) is 8.98 Å². The Kier molecular flexibility index (Phi) is 4.31. The van der Waals surface area contributed by atoms with Gasteiger partial charge in [-0.3, -0.25) is 0 Å². The van der Waals surface area contributed by atoms with Gasteiger partial charge < -0.3 is 15.9 Å². The molecule has 19 heavy (non-hydrogen) atoms. The molecule has 0 aliphatic carbocycles. The minimum Gasteiger partial charge on any atom is -0.474 e. The van der Waals surface area contributed by atoms with Crippen molar-refractivity contribution in [2.24, 2.45) is 5.73 Å². The number of nitrogens with zero attached hydrogens (tertiary/aromatic N) is 3. The van der Waals surface area contributed by atoms with Crippen LogP contribution in [0.2, 0.25) is 0 Å². The zero-order chi connectivity index (χ0) is 13.8. The molecule has 8 nitrogen and oxygen atoms in total. The van der Waals surface area contributed by atoms with E-state index < -0.39 is 5.69 Å². The summed E-state index contributed by atoms with van der Waals surface area (Å²) in [5.41, 5.74) is 5.92. The number of nitrogens with one attached hydrogen (secondary N) is 2. The summed E-state index contributed by atoms with van der Waals surface area (Å²) < 4.78 is 7.41. The number of allylic oxidation sites excluding steroid dienone is 1. The molecule has 0 radical (unpaired) electrons. The molecule has 0 atom stereocenters. The van der Waals surface area contributed by atoms with Gasteiger partial charge in [-0.1, -0.05) is 0 Å². The van der Waals surface area contributed by atoms with Gasteiger partial charge in [0.25, 0.3) is 0 Å². The highest BCUT2D eigenvalue weighted by atomic mass is 127. The number of hydrogen-bond acceptors (Lipinski definition) is 7. The van der Waals surface area contributed by atoms with Gasteiger partial charge in [-0.2, -0.15) is 0 Å². The second-order valence-electron chi connectivity index (χ2n) is 3.31. The van der Waals surface area contributed by atoms with E-state index in [4.69, 9.17) is 15.9 Å². The second kappa shape index (κ2) is 5.97. The van der Waals surface area contributed by atoms with Gasteiger partial charge >= 0.3 is 5.69 Å². The van der Waals surface area contributed by atoms with Crippen molar-refractivity contribution < 1.29 is 4.74 Å². The standard InChI is InChI=1S/C9H9IN6O2S/c10-6-4-19-8(16-9(17)13-14-15-16)5(6)3-18-7(12)1-2-11/h1-2,4,11H,3,12H2,(H,13,15,17). The number of thiophene rings is 1. The molecule has 0 bridgehead atoms. The molecule has 0 aliphatic heterocycles. The summed E-state index contributed by atoms with van der Waals surface area (Å²) >= 11 is 3.50. The van der Waals surface area contributed by atoms with Crippen molar-refractivity contribution in [3.63, 3.8) is 0 Å². The highest BCUT2D eigenvalue weighted by Gasteiger charge is 2.15. The predicted molar refractivity (Wildman–Crippen MR) is 78.4 cm³/mol. The molecule has 2 heterocycles. The fourth-order valence-electron chi connectivity index (χ4n) is 1.28. The van der Waals surface area contributed by atoms with Crippen molar-refractivity contribution in [2.75, 3.05) is 0 Å². The molecule has 0 saturated carbocycles. The van der Waals surface area contributed by atoms with Crippen LogP contribution < -0.4 is 11.4 Å². The number of aromatic amines is 1. The third-order valence-corrected chi connectivity index (χ3v) is 4.50. The largest absolute Gasteiger partial charge is 0.474 e. The Labute approximate surface area is 124 Å². The van der Waals surface area contributed by atoms with E-state index in [9.17, 15) is 4.79 Å². The van der Waals surface area contributed by atoms with Crippen LogP contribution in [0.5, 0.6) is 0 Å². The van der Waals surface area contributed by atoms with Gasteiger partial charge in [0.1, 0.15) is 11.6 Å². The monoisotopic (exact) mass is 392 g/mol. The summed E-state index contributed by atoms with van der Waals surface area (Å²) in [7, 11) is 0. The Hall–Kier alpha value is -1.69.